The molecular formula is C10H11N5O3. The summed E-state index contributed by atoms with van der Waals surface area (Å²) < 4.78 is 5.03. The lowest BCUT2D eigenvalue weighted by atomic mass is 10.2. The topological polar surface area (TPSA) is 130 Å². The number of carbonyl (C=O) groups is 1. The second-order valence-corrected chi connectivity index (χ2v) is 3.54. The van der Waals surface area contributed by atoms with Gasteiger partial charge in [0.05, 0.1) is 17.3 Å². The van der Waals surface area contributed by atoms with Crippen LogP contribution < -0.4 is 11.1 Å². The molecule has 0 atom stereocenters. The molecule has 2 rings (SSSR count). The van der Waals surface area contributed by atoms with Crippen LogP contribution in [0.4, 0.5) is 5.82 Å². The summed E-state index contributed by atoms with van der Waals surface area (Å²) in [5.41, 5.74) is 6.09. The van der Waals surface area contributed by atoms with Crippen LogP contribution in [0.1, 0.15) is 21.7 Å². The molecule has 0 unspecified atom stereocenters. The molecule has 2 aromatic heterocycles. The number of nitrogens with zero attached hydrogens (tertiary/aromatic N) is 2. The number of nitrogens with two attached hydrogens (primary N) is 1. The lowest BCUT2D eigenvalue weighted by Crippen LogP contribution is -2.18. The predicted molar refractivity (Wildman–Crippen MR) is 62.5 cm³/mol. The van der Waals surface area contributed by atoms with Gasteiger partial charge in [0.2, 0.25) is 0 Å². The van der Waals surface area contributed by atoms with Crippen LogP contribution in [0.3, 0.4) is 0 Å². The van der Waals surface area contributed by atoms with Crippen LogP contribution in [-0.4, -0.2) is 27.1 Å². The molecule has 8 nitrogen and oxygen atoms in total. The molecule has 18 heavy (non-hydrogen) atoms. The summed E-state index contributed by atoms with van der Waals surface area (Å²) >= 11 is 0. The number of aryl methyl sites for hydroxylation is 1. The van der Waals surface area contributed by atoms with E-state index < -0.39 is 0 Å². The smallest absolute Gasteiger partial charge is 0.260 e. The first kappa shape index (κ1) is 11.7. The van der Waals surface area contributed by atoms with E-state index in [0.717, 1.165) is 0 Å². The van der Waals surface area contributed by atoms with Crippen molar-refractivity contribution in [3.05, 3.63) is 35.4 Å². The monoisotopic (exact) mass is 249 g/mol. The molecule has 2 heterocycles. The number of aromatic amines is 1. The lowest BCUT2D eigenvalue weighted by molar-refractivity contribution is 0.102. The van der Waals surface area contributed by atoms with Crippen LogP contribution in [0.5, 0.6) is 0 Å². The van der Waals surface area contributed by atoms with Crippen LogP contribution >= 0.6 is 0 Å². The van der Waals surface area contributed by atoms with E-state index in [1.807, 2.05) is 0 Å². The minimum absolute atomic E-state index is 0.151. The van der Waals surface area contributed by atoms with Crippen molar-refractivity contribution in [2.75, 3.05) is 5.32 Å². The first-order chi connectivity index (χ1) is 8.61. The molecule has 0 aliphatic carbocycles. The zero-order valence-corrected chi connectivity index (χ0v) is 9.47. The van der Waals surface area contributed by atoms with Crippen LogP contribution in [0.2, 0.25) is 0 Å². The van der Waals surface area contributed by atoms with E-state index >= 15 is 0 Å². The van der Waals surface area contributed by atoms with Crippen molar-refractivity contribution in [3.63, 3.8) is 0 Å². The van der Waals surface area contributed by atoms with Gasteiger partial charge in [0.1, 0.15) is 17.8 Å². The Hall–Kier alpha value is -2.77. The number of anilines is 1. The molecule has 0 saturated heterocycles. The zero-order valence-electron chi connectivity index (χ0n) is 9.47. The number of amides is 1. The minimum Gasteiger partial charge on any atom is -0.469 e. The molecule has 0 spiro atoms. The molecule has 2 aromatic rings. The van der Waals surface area contributed by atoms with Crippen molar-refractivity contribution < 1.29 is 14.4 Å². The normalized spacial score (nSPS) is 11.5. The molecular weight excluding hydrogens is 238 g/mol. The van der Waals surface area contributed by atoms with Gasteiger partial charge < -0.3 is 20.7 Å². The Balaban J connectivity index is 2.20. The number of H-pyrrole nitrogens is 1. The molecule has 0 aromatic carbocycles. The summed E-state index contributed by atoms with van der Waals surface area (Å²) in [6.07, 6.45) is 2.68. The maximum atomic E-state index is 11.8. The lowest BCUT2D eigenvalue weighted by Gasteiger charge is -2.02. The van der Waals surface area contributed by atoms with Crippen molar-refractivity contribution in [2.24, 2.45) is 10.9 Å². The number of hydrogen-bond donors (Lipinski definition) is 4. The summed E-state index contributed by atoms with van der Waals surface area (Å²) in [4.78, 5) is 11.8. The van der Waals surface area contributed by atoms with E-state index in [4.69, 9.17) is 15.4 Å². The van der Waals surface area contributed by atoms with Gasteiger partial charge in [-0.25, -0.2) is 0 Å². The fourth-order valence-corrected chi connectivity index (χ4v) is 1.38. The Kier molecular flexibility index (Phi) is 3.00. The van der Waals surface area contributed by atoms with Crippen molar-refractivity contribution in [2.45, 2.75) is 6.92 Å². The SMILES string of the molecule is Cc1cc(C(=O)Nc2[nH]ncc2C(N)=NO)co1. The van der Waals surface area contributed by atoms with Gasteiger partial charge in [0.25, 0.3) is 5.91 Å². The summed E-state index contributed by atoms with van der Waals surface area (Å²) in [7, 11) is 0. The molecule has 0 aliphatic heterocycles. The highest BCUT2D eigenvalue weighted by molar-refractivity contribution is 6.08. The fraction of sp³-hybridized carbons (Fsp3) is 0.100. The van der Waals surface area contributed by atoms with Crippen LogP contribution in [0, 0.1) is 6.92 Å². The summed E-state index contributed by atoms with van der Waals surface area (Å²) in [6, 6.07) is 1.59. The van der Waals surface area contributed by atoms with E-state index in [-0.39, 0.29) is 17.6 Å². The summed E-state index contributed by atoms with van der Waals surface area (Å²) in [5.74, 6) is 0.334. The van der Waals surface area contributed by atoms with E-state index in [1.165, 1.54) is 12.5 Å². The molecule has 0 bridgehead atoms. The molecule has 0 saturated carbocycles. The highest BCUT2D eigenvalue weighted by Gasteiger charge is 2.14. The number of furan rings is 1. The maximum Gasteiger partial charge on any atom is 0.260 e. The van der Waals surface area contributed by atoms with Gasteiger partial charge in [-0.3, -0.25) is 9.89 Å². The standard InChI is InChI=1S/C10H11N5O3/c1-5-2-6(4-18-5)10(16)13-9-7(3-12-14-9)8(11)15-17/h2-4,17H,1H3,(H2,11,15)(H2,12,13,14,16). The molecule has 8 heteroatoms. The van der Waals surface area contributed by atoms with Gasteiger partial charge in [-0.15, -0.1) is 0 Å². The number of carbonyl (C=O) groups excluding carboxylic acids is 1. The highest BCUT2D eigenvalue weighted by Crippen LogP contribution is 2.13. The van der Waals surface area contributed by atoms with Crippen molar-refractivity contribution >= 4 is 17.6 Å². The number of oxime groups is 1. The largest absolute Gasteiger partial charge is 0.469 e. The molecule has 94 valence electrons. The number of rotatable bonds is 3. The third-order valence-corrected chi connectivity index (χ3v) is 2.25. The number of hydrogen-bond acceptors (Lipinski definition) is 5. The zero-order chi connectivity index (χ0) is 13.1. The quantitative estimate of drug-likeness (QED) is 0.275. The average Bonchev–Trinajstić information content (AvgIpc) is 2.97. The van der Waals surface area contributed by atoms with Gasteiger partial charge in [-0.1, -0.05) is 5.16 Å². The molecule has 0 fully saturated rings. The van der Waals surface area contributed by atoms with E-state index in [0.29, 0.717) is 16.9 Å². The minimum atomic E-state index is -0.386. The van der Waals surface area contributed by atoms with Crippen molar-refractivity contribution in [1.82, 2.24) is 10.2 Å². The van der Waals surface area contributed by atoms with Gasteiger partial charge in [0, 0.05) is 0 Å². The van der Waals surface area contributed by atoms with Gasteiger partial charge in [-0.2, -0.15) is 5.10 Å². The molecule has 5 N–H and O–H groups in total. The van der Waals surface area contributed by atoms with E-state index in [2.05, 4.69) is 20.7 Å². The summed E-state index contributed by atoms with van der Waals surface area (Å²) in [6.45, 7) is 1.73. The molecule has 0 aliphatic rings. The Bertz CT molecular complexity index is 598. The van der Waals surface area contributed by atoms with Crippen LogP contribution in [0.25, 0.3) is 0 Å². The Labute approximate surface area is 101 Å². The van der Waals surface area contributed by atoms with Crippen molar-refractivity contribution in [1.29, 1.82) is 0 Å². The molecule has 1 amide bonds. The molecule has 0 radical (unpaired) electrons. The highest BCUT2D eigenvalue weighted by atomic mass is 16.4. The van der Waals surface area contributed by atoms with Crippen LogP contribution in [-0.2, 0) is 0 Å². The number of amidine groups is 1. The first-order valence-electron chi connectivity index (χ1n) is 4.99. The van der Waals surface area contributed by atoms with Crippen LogP contribution in [0.15, 0.2) is 28.1 Å². The third-order valence-electron chi connectivity index (χ3n) is 2.25. The summed E-state index contributed by atoms with van der Waals surface area (Å²) in [5, 5.41) is 20.2. The second kappa shape index (κ2) is 4.62. The van der Waals surface area contributed by atoms with E-state index in [9.17, 15) is 4.79 Å². The Morgan fingerprint density at radius 3 is 3.06 bits per heavy atom. The Morgan fingerprint density at radius 2 is 2.44 bits per heavy atom. The van der Waals surface area contributed by atoms with E-state index in [1.54, 1.807) is 13.0 Å². The predicted octanol–water partition coefficient (Wildman–Crippen LogP) is 0.658. The number of aromatic nitrogens is 2. The number of nitrogens with one attached hydrogen (secondary N) is 2. The average molecular weight is 249 g/mol. The second-order valence-electron chi connectivity index (χ2n) is 3.54. The maximum absolute atomic E-state index is 11.8. The van der Waals surface area contributed by atoms with Crippen molar-refractivity contribution in [3.8, 4) is 0 Å². The van der Waals surface area contributed by atoms with Gasteiger partial charge in [-0.05, 0) is 13.0 Å². The first-order valence-corrected chi connectivity index (χ1v) is 4.99. The fourth-order valence-electron chi connectivity index (χ4n) is 1.38. The third kappa shape index (κ3) is 2.17. The van der Waals surface area contributed by atoms with Gasteiger partial charge >= 0.3 is 0 Å². The Morgan fingerprint density at radius 1 is 1.67 bits per heavy atom. The van der Waals surface area contributed by atoms with Gasteiger partial charge in [0.15, 0.2) is 5.84 Å².